The van der Waals surface area contributed by atoms with Crippen LogP contribution >= 0.6 is 0 Å². The molecule has 0 heterocycles. The number of phenolic OH excluding ortho intramolecular Hbond substituents is 1. The fraction of sp³-hybridized carbons (Fsp3) is 0.655. The fourth-order valence-corrected chi connectivity index (χ4v) is 20.9. The Hall–Kier alpha value is -3.67. The number of hydrogen-bond acceptors (Lipinski definition) is 5. The minimum Gasteiger partial charge on any atom is -0.505 e. The summed E-state index contributed by atoms with van der Waals surface area (Å²) in [6.45, 7) is 15.3. The van der Waals surface area contributed by atoms with Crippen LogP contribution in [-0.4, -0.2) is 16.2 Å². The molecule has 0 aromatic heterocycles. The second-order valence-corrected chi connectivity index (χ2v) is 26.5. The van der Waals surface area contributed by atoms with Crippen LogP contribution in [0.5, 0.6) is 28.7 Å². The minimum atomic E-state index is -0.940. The largest absolute Gasteiger partial charge is 0.505 e. The van der Waals surface area contributed by atoms with Gasteiger partial charge in [-0.3, -0.25) is 0 Å². The Labute approximate surface area is 363 Å². The van der Waals surface area contributed by atoms with Gasteiger partial charge in [0.1, 0.15) is 28.7 Å². The number of nitrogens with two attached hydrogens (primary N) is 1. The summed E-state index contributed by atoms with van der Waals surface area (Å²) >= 11 is 0. The Kier molecular flexibility index (Phi) is 7.61. The first-order valence-electron chi connectivity index (χ1n) is 24.1. The second kappa shape index (κ2) is 11.9. The molecule has 6 atom stereocenters. The van der Waals surface area contributed by atoms with E-state index in [4.69, 9.17) is 15.2 Å². The van der Waals surface area contributed by atoms with Crippen molar-refractivity contribution in [2.75, 3.05) is 5.73 Å². The summed E-state index contributed by atoms with van der Waals surface area (Å²) < 4.78 is 14.8. The zero-order valence-corrected chi connectivity index (χ0v) is 37.8. The maximum atomic E-state index is 12.3. The van der Waals surface area contributed by atoms with Crippen molar-refractivity contribution in [3.8, 4) is 28.7 Å². The van der Waals surface area contributed by atoms with Crippen molar-refractivity contribution in [3.63, 3.8) is 0 Å². The van der Waals surface area contributed by atoms with Gasteiger partial charge in [-0.1, -0.05) is 41.5 Å². The lowest BCUT2D eigenvalue weighted by molar-refractivity contribution is -0.112. The Morgan fingerprint density at radius 2 is 0.934 bits per heavy atom. The molecule has 15 rings (SSSR count). The third kappa shape index (κ3) is 5.87. The number of nitrogen functional groups attached to an aromatic ring is 1. The van der Waals surface area contributed by atoms with E-state index in [9.17, 15) is 15.0 Å². The maximum Gasteiger partial charge on any atom is 0.335 e. The van der Waals surface area contributed by atoms with Crippen molar-refractivity contribution >= 4 is 11.7 Å². The molecule has 12 saturated carbocycles. The molecule has 0 spiro atoms. The van der Waals surface area contributed by atoms with Crippen LogP contribution in [-0.2, 0) is 16.2 Å². The Balaban J connectivity index is 1.07. The summed E-state index contributed by atoms with van der Waals surface area (Å²) in [7, 11) is 0. The molecule has 3 aromatic carbocycles. The average molecular weight is 824 g/mol. The lowest BCUT2D eigenvalue weighted by Crippen LogP contribution is -2.57. The highest BCUT2D eigenvalue weighted by Gasteiger charge is 2.65. The van der Waals surface area contributed by atoms with Gasteiger partial charge < -0.3 is 25.4 Å². The molecule has 6 nitrogen and oxygen atoms in total. The van der Waals surface area contributed by atoms with E-state index >= 15 is 0 Å². The SMILES string of the molecule is CC12CC3CC(C)(C1)CC(c1cc(C45CC6CC(C)(CC(C)(C6)C4)C5)c(Oc4ccc(N)c(O)c4C45CC6CC(C)(CC(C)(C6)C4)C5)cc1Oc1ccc(C(=O)O)cc1)(C3)C2. The van der Waals surface area contributed by atoms with Crippen molar-refractivity contribution in [1.82, 2.24) is 0 Å². The van der Waals surface area contributed by atoms with Gasteiger partial charge >= 0.3 is 5.97 Å². The van der Waals surface area contributed by atoms with Crippen molar-refractivity contribution < 1.29 is 24.5 Å². The molecule has 6 heteroatoms. The van der Waals surface area contributed by atoms with Gasteiger partial charge in [0.25, 0.3) is 0 Å². The molecule has 0 saturated heterocycles. The lowest BCUT2D eigenvalue weighted by atomic mass is 9.38. The highest BCUT2D eigenvalue weighted by molar-refractivity contribution is 5.87. The van der Waals surface area contributed by atoms with E-state index in [0.29, 0.717) is 50.9 Å². The smallest absolute Gasteiger partial charge is 0.335 e. The summed E-state index contributed by atoms with van der Waals surface area (Å²) in [6.07, 6.45) is 21.9. The van der Waals surface area contributed by atoms with Crippen molar-refractivity contribution in [3.05, 3.63) is 70.8 Å². The van der Waals surface area contributed by atoms with E-state index < -0.39 is 5.97 Å². The Morgan fingerprint density at radius 1 is 0.525 bits per heavy atom. The number of ether oxygens (including phenoxy) is 2. The summed E-state index contributed by atoms with van der Waals surface area (Å²) in [5.74, 6) is 4.42. The quantitative estimate of drug-likeness (QED) is 0.154. The number of carbonyl (C=O) groups is 1. The molecular weight excluding hydrogens is 755 g/mol. The van der Waals surface area contributed by atoms with E-state index in [2.05, 4.69) is 59.7 Å². The van der Waals surface area contributed by atoms with Crippen molar-refractivity contribution in [2.24, 2.45) is 50.2 Å². The molecular formula is C55H69NO5. The number of carboxylic acid groups (broad SMARTS) is 1. The number of benzene rings is 3. The van der Waals surface area contributed by atoms with Crippen LogP contribution in [0.1, 0.15) is 184 Å². The lowest BCUT2D eigenvalue weighted by Gasteiger charge is -2.66. The number of aromatic carboxylic acids is 1. The first-order valence-corrected chi connectivity index (χ1v) is 24.1. The van der Waals surface area contributed by atoms with Crippen LogP contribution in [0.3, 0.4) is 0 Å². The van der Waals surface area contributed by atoms with Gasteiger partial charge in [-0.15, -0.1) is 0 Å². The van der Waals surface area contributed by atoms with Gasteiger partial charge in [-0.05, 0) is 208 Å². The van der Waals surface area contributed by atoms with Gasteiger partial charge in [0.2, 0.25) is 0 Å². The predicted octanol–water partition coefficient (Wildman–Crippen LogP) is 14.0. The van der Waals surface area contributed by atoms with Crippen molar-refractivity contribution in [1.29, 1.82) is 0 Å². The first kappa shape index (κ1) is 39.0. The van der Waals surface area contributed by atoms with Crippen LogP contribution in [0, 0.1) is 50.2 Å². The number of hydrogen-bond donors (Lipinski definition) is 3. The molecule has 12 bridgehead atoms. The topological polar surface area (TPSA) is 102 Å². The highest BCUT2D eigenvalue weighted by Crippen LogP contribution is 2.75. The van der Waals surface area contributed by atoms with E-state index in [0.717, 1.165) is 42.1 Å². The molecule has 12 fully saturated rings. The standard InChI is InChI=1S/C55H69NO5/c1-47-15-33-16-48(2,24-47)28-53(21-33,27-47)38-13-39(54-22-34-17-49(3,29-54)25-50(4,18-34)30-54)43(14-42(38)60-37-9-7-36(8-10-37)46(58)59)61-41-12-11-40(56)45(57)44(41)55-23-35-19-51(5,31-55)26-52(6,20-35)32-55/h7-14,33-35,57H,15-32,56H2,1-6H3,(H,58,59). The summed E-state index contributed by atoms with van der Waals surface area (Å²) in [5.41, 5.74) is 12.4. The minimum absolute atomic E-state index is 0.0165. The van der Waals surface area contributed by atoms with Crippen LogP contribution < -0.4 is 15.2 Å². The zero-order chi connectivity index (χ0) is 42.4. The predicted molar refractivity (Wildman–Crippen MR) is 240 cm³/mol. The fourth-order valence-electron chi connectivity index (χ4n) is 20.9. The average Bonchev–Trinajstić information content (AvgIpc) is 3.09. The summed E-state index contributed by atoms with van der Waals surface area (Å²) in [6, 6.07) is 15.8. The van der Waals surface area contributed by atoms with Crippen LogP contribution in [0.15, 0.2) is 48.5 Å². The molecule has 3 aromatic rings. The first-order chi connectivity index (χ1) is 28.6. The number of phenols is 1. The Bertz CT molecular complexity index is 2340. The molecule has 12 aliphatic carbocycles. The number of anilines is 1. The monoisotopic (exact) mass is 824 g/mol. The number of aromatic hydroxyl groups is 1. The van der Waals surface area contributed by atoms with E-state index in [-0.39, 0.29) is 38.4 Å². The molecule has 12 aliphatic rings. The van der Waals surface area contributed by atoms with Crippen LogP contribution in [0.4, 0.5) is 5.69 Å². The second-order valence-electron chi connectivity index (χ2n) is 26.5. The van der Waals surface area contributed by atoms with Crippen molar-refractivity contribution in [2.45, 2.75) is 173 Å². The molecule has 324 valence electrons. The molecule has 0 aliphatic heterocycles. The van der Waals surface area contributed by atoms with E-state index in [1.807, 2.05) is 18.2 Å². The van der Waals surface area contributed by atoms with Gasteiger partial charge in [0.15, 0.2) is 0 Å². The Morgan fingerprint density at radius 3 is 1.36 bits per heavy atom. The molecule has 4 N–H and O–H groups in total. The van der Waals surface area contributed by atoms with Gasteiger partial charge in [0, 0.05) is 39.0 Å². The molecule has 61 heavy (non-hydrogen) atoms. The van der Waals surface area contributed by atoms with Gasteiger partial charge in [0.05, 0.1) is 11.3 Å². The maximum absolute atomic E-state index is 12.3. The molecule has 6 unspecified atom stereocenters. The number of carboxylic acids is 1. The van der Waals surface area contributed by atoms with Gasteiger partial charge in [-0.2, -0.15) is 0 Å². The number of rotatable bonds is 8. The third-order valence-corrected chi connectivity index (χ3v) is 19.4. The van der Waals surface area contributed by atoms with Crippen LogP contribution in [0.25, 0.3) is 0 Å². The normalized spacial score (nSPS) is 45.7. The summed E-state index contributed by atoms with van der Waals surface area (Å²) in [5, 5.41) is 22.1. The van der Waals surface area contributed by atoms with E-state index in [1.54, 1.807) is 12.1 Å². The molecule has 0 amide bonds. The highest BCUT2D eigenvalue weighted by atomic mass is 16.5. The van der Waals surface area contributed by atoms with Gasteiger partial charge in [-0.25, -0.2) is 4.79 Å². The zero-order valence-electron chi connectivity index (χ0n) is 37.8. The van der Waals surface area contributed by atoms with Crippen LogP contribution in [0.2, 0.25) is 0 Å². The summed E-state index contributed by atoms with van der Waals surface area (Å²) in [4.78, 5) is 11.9. The molecule has 0 radical (unpaired) electrons. The third-order valence-electron chi connectivity index (χ3n) is 19.4. The van der Waals surface area contributed by atoms with E-state index in [1.165, 1.54) is 107 Å².